The normalized spacial score (nSPS) is 19.6. The van der Waals surface area contributed by atoms with Crippen LogP contribution in [0.2, 0.25) is 0 Å². The Bertz CT molecular complexity index is 177. The standard InChI is InChI=1S/C10H20N2O2/c1-8(13)6-12-10(14)7-11-9-4-2-3-5-9/h8-9,11,13H,2-7H2,1H3,(H,12,14)/t8-/m1/s1. The highest BCUT2D eigenvalue weighted by Crippen LogP contribution is 2.16. The van der Waals surface area contributed by atoms with E-state index in [2.05, 4.69) is 10.6 Å². The van der Waals surface area contributed by atoms with Gasteiger partial charge in [-0.05, 0) is 19.8 Å². The maximum absolute atomic E-state index is 11.2. The fraction of sp³-hybridized carbons (Fsp3) is 0.900. The molecule has 0 aromatic rings. The molecule has 1 atom stereocenters. The third kappa shape index (κ3) is 4.58. The van der Waals surface area contributed by atoms with Crippen LogP contribution in [0.4, 0.5) is 0 Å². The highest BCUT2D eigenvalue weighted by Gasteiger charge is 2.14. The van der Waals surface area contributed by atoms with Crippen molar-refractivity contribution in [2.24, 2.45) is 0 Å². The zero-order valence-electron chi connectivity index (χ0n) is 8.75. The molecule has 82 valence electrons. The molecule has 0 unspecified atom stereocenters. The summed E-state index contributed by atoms with van der Waals surface area (Å²) in [6, 6.07) is 0.521. The summed E-state index contributed by atoms with van der Waals surface area (Å²) in [5.41, 5.74) is 0. The van der Waals surface area contributed by atoms with Gasteiger partial charge in [-0.2, -0.15) is 0 Å². The number of carbonyl (C=O) groups excluding carboxylic acids is 1. The largest absolute Gasteiger partial charge is 0.392 e. The van der Waals surface area contributed by atoms with E-state index in [0.717, 1.165) is 0 Å². The van der Waals surface area contributed by atoms with E-state index in [1.165, 1.54) is 25.7 Å². The number of hydrogen-bond donors (Lipinski definition) is 3. The first kappa shape index (κ1) is 11.5. The average molecular weight is 200 g/mol. The summed E-state index contributed by atoms with van der Waals surface area (Å²) < 4.78 is 0. The van der Waals surface area contributed by atoms with Gasteiger partial charge in [0, 0.05) is 12.6 Å². The third-order valence-electron chi connectivity index (χ3n) is 2.50. The lowest BCUT2D eigenvalue weighted by Crippen LogP contribution is -2.40. The fourth-order valence-electron chi connectivity index (χ4n) is 1.69. The Morgan fingerprint density at radius 3 is 2.71 bits per heavy atom. The molecular formula is C10H20N2O2. The first-order valence-electron chi connectivity index (χ1n) is 5.36. The van der Waals surface area contributed by atoms with Gasteiger partial charge in [0.25, 0.3) is 0 Å². The van der Waals surface area contributed by atoms with E-state index < -0.39 is 6.10 Å². The number of aliphatic hydroxyl groups excluding tert-OH is 1. The van der Waals surface area contributed by atoms with Gasteiger partial charge < -0.3 is 15.7 Å². The molecule has 1 saturated carbocycles. The Morgan fingerprint density at radius 2 is 2.14 bits per heavy atom. The van der Waals surface area contributed by atoms with Gasteiger partial charge in [-0.15, -0.1) is 0 Å². The molecule has 1 aliphatic carbocycles. The van der Waals surface area contributed by atoms with E-state index in [1.807, 2.05) is 0 Å². The predicted octanol–water partition coefficient (Wildman–Crippen LogP) is 0.0156. The maximum Gasteiger partial charge on any atom is 0.234 e. The molecule has 0 bridgehead atoms. The maximum atomic E-state index is 11.2. The molecule has 4 heteroatoms. The number of nitrogens with one attached hydrogen (secondary N) is 2. The van der Waals surface area contributed by atoms with Crippen LogP contribution < -0.4 is 10.6 Å². The highest BCUT2D eigenvalue weighted by molar-refractivity contribution is 5.78. The smallest absolute Gasteiger partial charge is 0.234 e. The van der Waals surface area contributed by atoms with Crippen molar-refractivity contribution in [3.63, 3.8) is 0 Å². The van der Waals surface area contributed by atoms with Crippen molar-refractivity contribution >= 4 is 5.91 Å². The van der Waals surface area contributed by atoms with Crippen LogP contribution in [-0.4, -0.2) is 36.2 Å². The fourth-order valence-corrected chi connectivity index (χ4v) is 1.69. The van der Waals surface area contributed by atoms with Crippen molar-refractivity contribution in [2.75, 3.05) is 13.1 Å². The van der Waals surface area contributed by atoms with E-state index in [0.29, 0.717) is 19.1 Å². The van der Waals surface area contributed by atoms with Crippen molar-refractivity contribution in [3.8, 4) is 0 Å². The SMILES string of the molecule is C[C@@H](O)CNC(=O)CNC1CCCC1. The first-order valence-corrected chi connectivity index (χ1v) is 5.36. The molecule has 14 heavy (non-hydrogen) atoms. The lowest BCUT2D eigenvalue weighted by molar-refractivity contribution is -0.120. The molecule has 0 radical (unpaired) electrons. The van der Waals surface area contributed by atoms with Crippen LogP contribution in [0.15, 0.2) is 0 Å². The van der Waals surface area contributed by atoms with Crippen molar-refractivity contribution in [1.29, 1.82) is 0 Å². The molecule has 1 fully saturated rings. The summed E-state index contributed by atoms with van der Waals surface area (Å²) >= 11 is 0. The molecule has 0 spiro atoms. The molecule has 1 rings (SSSR count). The zero-order valence-corrected chi connectivity index (χ0v) is 8.75. The van der Waals surface area contributed by atoms with Gasteiger partial charge in [0.05, 0.1) is 12.6 Å². The van der Waals surface area contributed by atoms with Crippen LogP contribution in [0, 0.1) is 0 Å². The summed E-state index contributed by atoms with van der Waals surface area (Å²) in [5, 5.41) is 14.8. The van der Waals surface area contributed by atoms with Gasteiger partial charge in [-0.3, -0.25) is 4.79 Å². The van der Waals surface area contributed by atoms with Gasteiger partial charge in [-0.25, -0.2) is 0 Å². The van der Waals surface area contributed by atoms with Crippen LogP contribution >= 0.6 is 0 Å². The van der Waals surface area contributed by atoms with Gasteiger partial charge in [0.2, 0.25) is 5.91 Å². The molecule has 0 aromatic carbocycles. The van der Waals surface area contributed by atoms with Crippen molar-refractivity contribution < 1.29 is 9.90 Å². The molecule has 1 amide bonds. The van der Waals surface area contributed by atoms with Gasteiger partial charge in [0.1, 0.15) is 0 Å². The summed E-state index contributed by atoms with van der Waals surface area (Å²) in [4.78, 5) is 11.2. The molecule has 0 aromatic heterocycles. The topological polar surface area (TPSA) is 61.4 Å². The Hall–Kier alpha value is -0.610. The molecule has 3 N–H and O–H groups in total. The molecular weight excluding hydrogens is 180 g/mol. The molecule has 0 aliphatic heterocycles. The van der Waals surface area contributed by atoms with Gasteiger partial charge >= 0.3 is 0 Å². The minimum absolute atomic E-state index is 0.0298. The molecule has 0 heterocycles. The number of amides is 1. The van der Waals surface area contributed by atoms with E-state index in [9.17, 15) is 4.79 Å². The van der Waals surface area contributed by atoms with E-state index in [1.54, 1.807) is 6.92 Å². The summed E-state index contributed by atoms with van der Waals surface area (Å²) in [6.07, 6.45) is 4.44. The number of rotatable bonds is 5. The lowest BCUT2D eigenvalue weighted by Gasteiger charge is -2.12. The van der Waals surface area contributed by atoms with Crippen LogP contribution in [-0.2, 0) is 4.79 Å². The highest BCUT2D eigenvalue weighted by atomic mass is 16.3. The zero-order chi connectivity index (χ0) is 10.4. The summed E-state index contributed by atoms with van der Waals surface area (Å²) in [6.45, 7) is 2.37. The number of carbonyl (C=O) groups is 1. The first-order chi connectivity index (χ1) is 6.68. The Morgan fingerprint density at radius 1 is 1.50 bits per heavy atom. The summed E-state index contributed by atoms with van der Waals surface area (Å²) in [5.74, 6) is -0.0298. The molecule has 4 nitrogen and oxygen atoms in total. The van der Waals surface area contributed by atoms with E-state index in [4.69, 9.17) is 5.11 Å². The lowest BCUT2D eigenvalue weighted by atomic mass is 10.2. The Labute approximate surface area is 85.1 Å². The third-order valence-corrected chi connectivity index (χ3v) is 2.50. The minimum Gasteiger partial charge on any atom is -0.392 e. The number of hydrogen-bond acceptors (Lipinski definition) is 3. The van der Waals surface area contributed by atoms with Crippen LogP contribution in [0.3, 0.4) is 0 Å². The second-order valence-electron chi connectivity index (χ2n) is 4.02. The van der Waals surface area contributed by atoms with Crippen LogP contribution in [0.1, 0.15) is 32.6 Å². The van der Waals surface area contributed by atoms with Crippen molar-refractivity contribution in [2.45, 2.75) is 44.8 Å². The van der Waals surface area contributed by atoms with Gasteiger partial charge in [-0.1, -0.05) is 12.8 Å². The predicted molar refractivity (Wildman–Crippen MR) is 54.9 cm³/mol. The number of aliphatic hydroxyl groups is 1. The second-order valence-corrected chi connectivity index (χ2v) is 4.02. The van der Waals surface area contributed by atoms with Crippen molar-refractivity contribution in [1.82, 2.24) is 10.6 Å². The van der Waals surface area contributed by atoms with E-state index >= 15 is 0 Å². The second kappa shape index (κ2) is 5.98. The van der Waals surface area contributed by atoms with Gasteiger partial charge in [0.15, 0.2) is 0 Å². The quantitative estimate of drug-likeness (QED) is 0.586. The Kier molecular flexibility index (Phi) is 4.90. The average Bonchev–Trinajstić information content (AvgIpc) is 2.63. The Balaban J connectivity index is 2.02. The van der Waals surface area contributed by atoms with Crippen molar-refractivity contribution in [3.05, 3.63) is 0 Å². The monoisotopic (exact) mass is 200 g/mol. The molecule has 0 saturated heterocycles. The summed E-state index contributed by atoms with van der Waals surface area (Å²) in [7, 11) is 0. The van der Waals surface area contributed by atoms with E-state index in [-0.39, 0.29) is 5.91 Å². The van der Waals surface area contributed by atoms with Crippen LogP contribution in [0.5, 0.6) is 0 Å². The minimum atomic E-state index is -0.467. The van der Waals surface area contributed by atoms with Crippen LogP contribution in [0.25, 0.3) is 0 Å². The molecule has 1 aliphatic rings.